The van der Waals surface area contributed by atoms with Crippen LogP contribution in [0.25, 0.3) is 22.5 Å². The lowest BCUT2D eigenvalue weighted by molar-refractivity contribution is 1.02. The van der Waals surface area contributed by atoms with Crippen LogP contribution in [0.15, 0.2) is 59.6 Å². The molecule has 0 bridgehead atoms. The standard InChI is InChI=1S/C22H22BrN/c1-14(2)18-11-19(23)13-20(12-18)24-17(5)8-9-22(24)21-10-15(3)6-7-16(21)4/h6-13H,1H2,2-5H3. The van der Waals surface area contributed by atoms with Crippen LogP contribution in [-0.4, -0.2) is 4.57 Å². The van der Waals surface area contributed by atoms with Gasteiger partial charge in [0.25, 0.3) is 0 Å². The Bertz CT molecular complexity index is 931. The van der Waals surface area contributed by atoms with Gasteiger partial charge in [0.15, 0.2) is 0 Å². The van der Waals surface area contributed by atoms with Crippen molar-refractivity contribution in [2.75, 3.05) is 0 Å². The third-order valence-electron chi connectivity index (χ3n) is 4.38. The van der Waals surface area contributed by atoms with Gasteiger partial charge >= 0.3 is 0 Å². The monoisotopic (exact) mass is 379 g/mol. The Kier molecular flexibility index (Phi) is 4.51. The zero-order chi connectivity index (χ0) is 17.4. The second kappa shape index (κ2) is 6.45. The summed E-state index contributed by atoms with van der Waals surface area (Å²) in [6.45, 7) is 12.6. The molecule has 0 aliphatic carbocycles. The second-order valence-electron chi connectivity index (χ2n) is 6.49. The molecule has 0 radical (unpaired) electrons. The van der Waals surface area contributed by atoms with E-state index in [9.17, 15) is 0 Å². The summed E-state index contributed by atoms with van der Waals surface area (Å²) in [6, 6.07) is 17.5. The van der Waals surface area contributed by atoms with Crippen LogP contribution in [0.2, 0.25) is 0 Å². The third kappa shape index (κ3) is 3.11. The maximum atomic E-state index is 4.09. The molecule has 0 N–H and O–H groups in total. The fraction of sp³-hybridized carbons (Fsp3) is 0.182. The molecule has 2 heteroatoms. The lowest BCUT2D eigenvalue weighted by atomic mass is 10.0. The first-order valence-corrected chi connectivity index (χ1v) is 8.89. The smallest absolute Gasteiger partial charge is 0.0534 e. The summed E-state index contributed by atoms with van der Waals surface area (Å²) in [4.78, 5) is 0. The van der Waals surface area contributed by atoms with Gasteiger partial charge in [-0.1, -0.05) is 45.8 Å². The molecule has 0 fully saturated rings. The number of hydrogen-bond acceptors (Lipinski definition) is 0. The van der Waals surface area contributed by atoms with Gasteiger partial charge < -0.3 is 4.57 Å². The van der Waals surface area contributed by atoms with Crippen LogP contribution in [0.4, 0.5) is 0 Å². The molecule has 0 saturated carbocycles. The number of aromatic nitrogens is 1. The Hall–Kier alpha value is -2.06. The maximum Gasteiger partial charge on any atom is 0.0534 e. The summed E-state index contributed by atoms with van der Waals surface area (Å²) in [7, 11) is 0. The lowest BCUT2D eigenvalue weighted by Crippen LogP contribution is -2.01. The molecule has 0 spiro atoms. The van der Waals surface area contributed by atoms with Gasteiger partial charge in [-0.25, -0.2) is 0 Å². The molecule has 3 rings (SSSR count). The lowest BCUT2D eigenvalue weighted by Gasteiger charge is -2.16. The van der Waals surface area contributed by atoms with E-state index in [1.807, 2.05) is 6.92 Å². The van der Waals surface area contributed by atoms with Crippen molar-refractivity contribution >= 4 is 21.5 Å². The van der Waals surface area contributed by atoms with Crippen molar-refractivity contribution in [1.82, 2.24) is 4.57 Å². The average molecular weight is 380 g/mol. The molecule has 3 aromatic rings. The van der Waals surface area contributed by atoms with Gasteiger partial charge in [-0.15, -0.1) is 0 Å². The summed E-state index contributed by atoms with van der Waals surface area (Å²) in [6.07, 6.45) is 0. The van der Waals surface area contributed by atoms with Crippen LogP contribution in [0.1, 0.15) is 29.3 Å². The molecule has 24 heavy (non-hydrogen) atoms. The van der Waals surface area contributed by atoms with Crippen LogP contribution < -0.4 is 0 Å². The van der Waals surface area contributed by atoms with E-state index < -0.39 is 0 Å². The van der Waals surface area contributed by atoms with Crippen molar-refractivity contribution < 1.29 is 0 Å². The molecule has 1 nitrogen and oxygen atoms in total. The molecular formula is C22H22BrN. The Morgan fingerprint density at radius 1 is 0.958 bits per heavy atom. The Morgan fingerprint density at radius 2 is 1.71 bits per heavy atom. The molecule has 0 aliphatic rings. The van der Waals surface area contributed by atoms with Crippen molar-refractivity contribution in [3.63, 3.8) is 0 Å². The normalized spacial score (nSPS) is 10.9. The molecule has 1 heterocycles. The van der Waals surface area contributed by atoms with Crippen molar-refractivity contribution in [3.8, 4) is 16.9 Å². The summed E-state index contributed by atoms with van der Waals surface area (Å²) >= 11 is 3.64. The highest BCUT2D eigenvalue weighted by Gasteiger charge is 2.13. The maximum absolute atomic E-state index is 4.09. The molecule has 0 unspecified atom stereocenters. The first-order chi connectivity index (χ1) is 11.4. The number of benzene rings is 2. The fourth-order valence-electron chi connectivity index (χ4n) is 3.05. The fourth-order valence-corrected chi connectivity index (χ4v) is 3.53. The van der Waals surface area contributed by atoms with E-state index in [2.05, 4.69) is 96.4 Å². The van der Waals surface area contributed by atoms with E-state index in [0.717, 1.165) is 21.3 Å². The highest BCUT2D eigenvalue weighted by Crippen LogP contribution is 2.32. The Balaban J connectivity index is 2.26. The predicted molar refractivity (Wildman–Crippen MR) is 108 cm³/mol. The van der Waals surface area contributed by atoms with Crippen molar-refractivity contribution in [3.05, 3.63) is 82.0 Å². The minimum absolute atomic E-state index is 1.07. The van der Waals surface area contributed by atoms with Gasteiger partial charge in [-0.05, 0) is 75.2 Å². The molecule has 0 atom stereocenters. The molecule has 1 aromatic heterocycles. The molecular weight excluding hydrogens is 358 g/mol. The summed E-state index contributed by atoms with van der Waals surface area (Å²) in [5.41, 5.74) is 9.65. The van der Waals surface area contributed by atoms with Crippen molar-refractivity contribution in [1.29, 1.82) is 0 Å². The molecule has 0 amide bonds. The number of halogens is 1. The average Bonchev–Trinajstić information content (AvgIpc) is 2.90. The van der Waals surface area contributed by atoms with E-state index >= 15 is 0 Å². The van der Waals surface area contributed by atoms with Crippen LogP contribution >= 0.6 is 15.9 Å². The minimum Gasteiger partial charge on any atom is -0.314 e. The first-order valence-electron chi connectivity index (χ1n) is 8.09. The largest absolute Gasteiger partial charge is 0.314 e. The van der Waals surface area contributed by atoms with Gasteiger partial charge in [0, 0.05) is 21.4 Å². The highest BCUT2D eigenvalue weighted by molar-refractivity contribution is 9.10. The second-order valence-corrected chi connectivity index (χ2v) is 7.41. The van der Waals surface area contributed by atoms with Gasteiger partial charge in [0.05, 0.1) is 5.69 Å². The Morgan fingerprint density at radius 3 is 2.42 bits per heavy atom. The molecule has 2 aromatic carbocycles. The summed E-state index contributed by atoms with van der Waals surface area (Å²) < 4.78 is 3.39. The number of nitrogens with zero attached hydrogens (tertiary/aromatic N) is 1. The van der Waals surface area contributed by atoms with Gasteiger partial charge in [0.2, 0.25) is 0 Å². The van der Waals surface area contributed by atoms with E-state index in [-0.39, 0.29) is 0 Å². The molecule has 122 valence electrons. The Labute approximate surface area is 152 Å². The van der Waals surface area contributed by atoms with E-state index in [0.29, 0.717) is 0 Å². The minimum atomic E-state index is 1.07. The van der Waals surface area contributed by atoms with Crippen LogP contribution in [0.3, 0.4) is 0 Å². The topological polar surface area (TPSA) is 4.93 Å². The highest BCUT2D eigenvalue weighted by atomic mass is 79.9. The third-order valence-corrected chi connectivity index (χ3v) is 4.84. The number of allylic oxidation sites excluding steroid dienone is 1. The zero-order valence-electron chi connectivity index (χ0n) is 14.7. The van der Waals surface area contributed by atoms with Crippen molar-refractivity contribution in [2.24, 2.45) is 0 Å². The van der Waals surface area contributed by atoms with Gasteiger partial charge in [-0.3, -0.25) is 0 Å². The zero-order valence-corrected chi connectivity index (χ0v) is 16.2. The van der Waals surface area contributed by atoms with Crippen LogP contribution in [0, 0.1) is 20.8 Å². The first kappa shape index (κ1) is 16.8. The number of rotatable bonds is 3. The van der Waals surface area contributed by atoms with Crippen LogP contribution in [0.5, 0.6) is 0 Å². The van der Waals surface area contributed by atoms with Crippen molar-refractivity contribution in [2.45, 2.75) is 27.7 Å². The number of hydrogen-bond donors (Lipinski definition) is 0. The SMILES string of the molecule is C=C(C)c1cc(Br)cc(-n2c(C)ccc2-c2cc(C)ccc2C)c1. The predicted octanol–water partition coefficient (Wildman–Crippen LogP) is 6.87. The van der Waals surface area contributed by atoms with E-state index in [4.69, 9.17) is 0 Å². The van der Waals surface area contributed by atoms with Gasteiger partial charge in [-0.2, -0.15) is 0 Å². The quantitative estimate of drug-likeness (QED) is 0.467. The van der Waals surface area contributed by atoms with E-state index in [1.54, 1.807) is 0 Å². The summed E-state index contributed by atoms with van der Waals surface area (Å²) in [5.74, 6) is 0. The van der Waals surface area contributed by atoms with Crippen LogP contribution in [-0.2, 0) is 0 Å². The van der Waals surface area contributed by atoms with E-state index in [1.165, 1.54) is 28.1 Å². The molecule has 0 aliphatic heterocycles. The van der Waals surface area contributed by atoms with Gasteiger partial charge in [0.1, 0.15) is 0 Å². The summed E-state index contributed by atoms with van der Waals surface area (Å²) in [5, 5.41) is 0. The number of aryl methyl sites for hydroxylation is 3. The molecule has 0 saturated heterocycles.